The highest BCUT2D eigenvalue weighted by atomic mass is 19.1. The summed E-state index contributed by atoms with van der Waals surface area (Å²) in [7, 11) is 0. The number of nitrogens with zero attached hydrogens (tertiary/aromatic N) is 2. The van der Waals surface area contributed by atoms with Crippen LogP contribution in [0.25, 0.3) is 0 Å². The maximum absolute atomic E-state index is 12.1. The molecule has 0 aliphatic carbocycles. The van der Waals surface area contributed by atoms with Crippen molar-refractivity contribution in [3.63, 3.8) is 0 Å². The van der Waals surface area contributed by atoms with Crippen molar-refractivity contribution in [2.45, 2.75) is 19.3 Å². The molecule has 2 rings (SSSR count). The quantitative estimate of drug-likeness (QED) is 0.747. The van der Waals surface area contributed by atoms with Crippen LogP contribution >= 0.6 is 0 Å². The molecule has 0 bridgehead atoms. The largest absolute Gasteiger partial charge is 0.301 e. The first kappa shape index (κ1) is 14.5. The molecule has 1 aliphatic rings. The number of hydrogen-bond acceptors (Lipinski definition) is 2. The van der Waals surface area contributed by atoms with Gasteiger partial charge in [-0.3, -0.25) is 4.39 Å². The number of hydrogen-bond donors (Lipinski definition) is 0. The van der Waals surface area contributed by atoms with Gasteiger partial charge >= 0.3 is 0 Å². The Morgan fingerprint density at radius 1 is 0.842 bits per heavy atom. The normalized spacial score (nSPS) is 17.7. The molecule has 0 aromatic heterocycles. The minimum absolute atomic E-state index is 0.183. The molecule has 0 spiro atoms. The van der Waals surface area contributed by atoms with Crippen LogP contribution in [0.3, 0.4) is 0 Å². The summed E-state index contributed by atoms with van der Waals surface area (Å²) in [5.74, 6) is 0. The van der Waals surface area contributed by atoms with E-state index < -0.39 is 0 Å². The highest BCUT2D eigenvalue weighted by molar-refractivity contribution is 5.14. The molecular weight excluding hydrogens is 239 g/mol. The van der Waals surface area contributed by atoms with E-state index in [0.717, 1.165) is 32.7 Å². The van der Waals surface area contributed by atoms with E-state index in [1.54, 1.807) is 0 Å². The van der Waals surface area contributed by atoms with Crippen molar-refractivity contribution in [2.24, 2.45) is 0 Å². The number of aryl methyl sites for hydroxylation is 1. The summed E-state index contributed by atoms with van der Waals surface area (Å²) in [6, 6.07) is 10.7. The van der Waals surface area contributed by atoms with E-state index in [2.05, 4.69) is 40.1 Å². The van der Waals surface area contributed by atoms with E-state index in [1.807, 2.05) is 0 Å². The molecule has 1 aliphatic heterocycles. The summed E-state index contributed by atoms with van der Waals surface area (Å²) in [5.41, 5.74) is 1.43. The number of benzene rings is 1. The van der Waals surface area contributed by atoms with Gasteiger partial charge in [0.25, 0.3) is 0 Å². The molecule has 0 radical (unpaired) electrons. The Kier molecular flexibility index (Phi) is 6.31. The van der Waals surface area contributed by atoms with Gasteiger partial charge in [-0.25, -0.2) is 0 Å². The zero-order valence-corrected chi connectivity index (χ0v) is 11.7. The van der Waals surface area contributed by atoms with Crippen molar-refractivity contribution < 1.29 is 4.39 Å². The van der Waals surface area contributed by atoms with E-state index in [0.29, 0.717) is 6.42 Å². The Hall–Kier alpha value is -0.930. The molecule has 1 aromatic carbocycles. The Morgan fingerprint density at radius 3 is 2.00 bits per heavy atom. The van der Waals surface area contributed by atoms with Gasteiger partial charge in [0.1, 0.15) is 0 Å². The van der Waals surface area contributed by atoms with E-state index >= 15 is 0 Å². The van der Waals surface area contributed by atoms with Crippen LogP contribution in [0.1, 0.15) is 18.4 Å². The van der Waals surface area contributed by atoms with Gasteiger partial charge in [0.05, 0.1) is 6.67 Å². The molecular formula is C16H25FN2. The molecule has 0 saturated carbocycles. The lowest BCUT2D eigenvalue weighted by Crippen LogP contribution is -2.46. The van der Waals surface area contributed by atoms with Crippen LogP contribution in [-0.4, -0.2) is 55.7 Å². The van der Waals surface area contributed by atoms with Crippen LogP contribution in [0.2, 0.25) is 0 Å². The Balaban J connectivity index is 1.58. The number of halogens is 1. The molecule has 1 aromatic rings. The van der Waals surface area contributed by atoms with Crippen LogP contribution in [-0.2, 0) is 6.42 Å². The second-order valence-corrected chi connectivity index (χ2v) is 5.31. The Morgan fingerprint density at radius 2 is 1.42 bits per heavy atom. The topological polar surface area (TPSA) is 6.48 Å². The van der Waals surface area contributed by atoms with Gasteiger partial charge in [-0.1, -0.05) is 30.3 Å². The van der Waals surface area contributed by atoms with Crippen molar-refractivity contribution in [3.8, 4) is 0 Å². The summed E-state index contributed by atoms with van der Waals surface area (Å²) in [6.45, 7) is 6.41. The van der Waals surface area contributed by atoms with Crippen molar-refractivity contribution >= 4 is 0 Å². The fourth-order valence-electron chi connectivity index (χ4n) is 2.67. The standard InChI is InChI=1S/C16H25FN2/c17-9-5-11-19-14-12-18(13-15-19)10-4-8-16-6-2-1-3-7-16/h1-3,6-7H,4-5,8-15H2. The first-order valence-corrected chi connectivity index (χ1v) is 7.43. The van der Waals surface area contributed by atoms with Crippen molar-refractivity contribution in [3.05, 3.63) is 35.9 Å². The third-order valence-electron chi connectivity index (χ3n) is 3.86. The molecule has 2 nitrogen and oxygen atoms in total. The second-order valence-electron chi connectivity index (χ2n) is 5.31. The minimum Gasteiger partial charge on any atom is -0.301 e. The van der Waals surface area contributed by atoms with Crippen LogP contribution in [0, 0.1) is 0 Å². The summed E-state index contributed by atoms with van der Waals surface area (Å²) in [6.07, 6.45) is 3.09. The summed E-state index contributed by atoms with van der Waals surface area (Å²) in [4.78, 5) is 4.92. The Labute approximate surface area is 116 Å². The zero-order chi connectivity index (χ0) is 13.3. The predicted octanol–water partition coefficient (Wildman–Crippen LogP) is 2.60. The summed E-state index contributed by atoms with van der Waals surface area (Å²) in [5, 5.41) is 0. The molecule has 1 saturated heterocycles. The molecule has 0 atom stereocenters. The molecule has 19 heavy (non-hydrogen) atoms. The van der Waals surface area contributed by atoms with Crippen LogP contribution in [0.5, 0.6) is 0 Å². The van der Waals surface area contributed by atoms with E-state index in [9.17, 15) is 4.39 Å². The lowest BCUT2D eigenvalue weighted by atomic mass is 10.1. The molecule has 0 unspecified atom stereocenters. The number of rotatable bonds is 7. The summed E-state index contributed by atoms with van der Waals surface area (Å²) >= 11 is 0. The Bertz CT molecular complexity index is 334. The smallest absolute Gasteiger partial charge is 0.0906 e. The van der Waals surface area contributed by atoms with E-state index in [-0.39, 0.29) is 6.67 Å². The van der Waals surface area contributed by atoms with Gasteiger partial charge in [0, 0.05) is 32.7 Å². The lowest BCUT2D eigenvalue weighted by Gasteiger charge is -2.34. The summed E-state index contributed by atoms with van der Waals surface area (Å²) < 4.78 is 12.1. The van der Waals surface area contributed by atoms with Crippen molar-refractivity contribution in [1.82, 2.24) is 9.80 Å². The molecule has 1 fully saturated rings. The third kappa shape index (κ3) is 5.29. The number of alkyl halides is 1. The zero-order valence-electron chi connectivity index (χ0n) is 11.7. The van der Waals surface area contributed by atoms with Gasteiger partial charge in [-0.05, 0) is 31.4 Å². The van der Waals surface area contributed by atoms with Crippen LogP contribution in [0.15, 0.2) is 30.3 Å². The SMILES string of the molecule is FCCCN1CCN(CCCc2ccccc2)CC1. The van der Waals surface area contributed by atoms with Crippen molar-refractivity contribution in [1.29, 1.82) is 0 Å². The molecule has 106 valence electrons. The van der Waals surface area contributed by atoms with Gasteiger partial charge in [0.2, 0.25) is 0 Å². The third-order valence-corrected chi connectivity index (χ3v) is 3.86. The average molecular weight is 264 g/mol. The van der Waals surface area contributed by atoms with Gasteiger partial charge < -0.3 is 9.80 Å². The van der Waals surface area contributed by atoms with Crippen LogP contribution in [0.4, 0.5) is 4.39 Å². The number of piperazine rings is 1. The molecule has 0 N–H and O–H groups in total. The van der Waals surface area contributed by atoms with E-state index in [1.165, 1.54) is 24.9 Å². The first-order chi connectivity index (χ1) is 9.38. The van der Waals surface area contributed by atoms with Gasteiger partial charge in [0.15, 0.2) is 0 Å². The maximum Gasteiger partial charge on any atom is 0.0906 e. The van der Waals surface area contributed by atoms with Gasteiger partial charge in [-0.15, -0.1) is 0 Å². The monoisotopic (exact) mass is 264 g/mol. The fraction of sp³-hybridized carbons (Fsp3) is 0.625. The first-order valence-electron chi connectivity index (χ1n) is 7.43. The van der Waals surface area contributed by atoms with Crippen molar-refractivity contribution in [2.75, 3.05) is 45.9 Å². The predicted molar refractivity (Wildman–Crippen MR) is 78.2 cm³/mol. The highest BCUT2D eigenvalue weighted by Gasteiger charge is 2.15. The lowest BCUT2D eigenvalue weighted by molar-refractivity contribution is 0.128. The fourth-order valence-corrected chi connectivity index (χ4v) is 2.67. The highest BCUT2D eigenvalue weighted by Crippen LogP contribution is 2.06. The molecule has 1 heterocycles. The van der Waals surface area contributed by atoms with Gasteiger partial charge in [-0.2, -0.15) is 0 Å². The maximum atomic E-state index is 12.1. The average Bonchev–Trinajstić information content (AvgIpc) is 2.47. The minimum atomic E-state index is -0.183. The van der Waals surface area contributed by atoms with E-state index in [4.69, 9.17) is 0 Å². The molecule has 0 amide bonds. The van der Waals surface area contributed by atoms with Crippen LogP contribution < -0.4 is 0 Å². The second kappa shape index (κ2) is 8.28. The molecule has 3 heteroatoms.